The van der Waals surface area contributed by atoms with Gasteiger partial charge in [0.2, 0.25) is 0 Å². The lowest BCUT2D eigenvalue weighted by molar-refractivity contribution is 0.383. The van der Waals surface area contributed by atoms with E-state index in [0.717, 1.165) is 11.4 Å². The first kappa shape index (κ1) is 14.2. The standard InChI is InChI=1S/C13H15Cl2N3O/c1-8-13(12(17-16-8)7-18(2)3)19-11-5-9(14)4-10(15)6-11/h4-6H,7H2,1-3H3,(H,16,17). The molecule has 102 valence electrons. The van der Waals surface area contributed by atoms with Crippen molar-refractivity contribution in [3.05, 3.63) is 39.6 Å². The van der Waals surface area contributed by atoms with E-state index >= 15 is 0 Å². The van der Waals surface area contributed by atoms with Crippen LogP contribution >= 0.6 is 23.2 Å². The Hall–Kier alpha value is -1.23. The van der Waals surface area contributed by atoms with Gasteiger partial charge in [-0.25, -0.2) is 0 Å². The summed E-state index contributed by atoms with van der Waals surface area (Å²) in [6, 6.07) is 5.11. The molecule has 0 aliphatic heterocycles. The number of aromatic amines is 1. The predicted molar refractivity (Wildman–Crippen MR) is 77.3 cm³/mol. The van der Waals surface area contributed by atoms with Crippen LogP contribution in [-0.2, 0) is 6.54 Å². The Morgan fingerprint density at radius 2 is 1.84 bits per heavy atom. The third-order valence-electron chi connectivity index (χ3n) is 2.49. The molecular weight excluding hydrogens is 285 g/mol. The molecule has 0 saturated heterocycles. The Labute approximate surface area is 122 Å². The minimum absolute atomic E-state index is 0.540. The molecule has 0 radical (unpaired) electrons. The molecule has 0 amide bonds. The molecule has 1 aromatic carbocycles. The van der Waals surface area contributed by atoms with Crippen LogP contribution in [0.1, 0.15) is 11.4 Å². The maximum atomic E-state index is 5.96. The van der Waals surface area contributed by atoms with Gasteiger partial charge in [-0.2, -0.15) is 5.10 Å². The number of aromatic nitrogens is 2. The number of nitrogens with one attached hydrogen (secondary N) is 1. The van der Waals surface area contributed by atoms with E-state index in [4.69, 9.17) is 27.9 Å². The van der Waals surface area contributed by atoms with Gasteiger partial charge in [-0.05, 0) is 39.2 Å². The van der Waals surface area contributed by atoms with Crippen molar-refractivity contribution in [3.63, 3.8) is 0 Å². The van der Waals surface area contributed by atoms with Crippen molar-refractivity contribution in [2.75, 3.05) is 14.1 Å². The van der Waals surface area contributed by atoms with Crippen LogP contribution in [-0.4, -0.2) is 29.2 Å². The topological polar surface area (TPSA) is 41.2 Å². The number of rotatable bonds is 4. The molecule has 0 aliphatic rings. The molecule has 0 aliphatic carbocycles. The predicted octanol–water partition coefficient (Wildman–Crippen LogP) is 3.88. The Balaban J connectivity index is 2.29. The molecule has 1 heterocycles. The lowest BCUT2D eigenvalue weighted by atomic mass is 10.3. The van der Waals surface area contributed by atoms with E-state index in [1.54, 1.807) is 18.2 Å². The fourth-order valence-electron chi connectivity index (χ4n) is 1.74. The van der Waals surface area contributed by atoms with Gasteiger partial charge < -0.3 is 9.64 Å². The molecule has 2 rings (SSSR count). The van der Waals surface area contributed by atoms with Crippen molar-refractivity contribution < 1.29 is 4.74 Å². The zero-order valence-corrected chi connectivity index (χ0v) is 12.5. The molecule has 0 fully saturated rings. The molecule has 0 bridgehead atoms. The first-order chi connectivity index (χ1) is 8.95. The van der Waals surface area contributed by atoms with Crippen LogP contribution in [0.2, 0.25) is 10.0 Å². The molecule has 4 nitrogen and oxygen atoms in total. The van der Waals surface area contributed by atoms with Crippen molar-refractivity contribution >= 4 is 23.2 Å². The summed E-state index contributed by atoms with van der Waals surface area (Å²) in [5.74, 6) is 1.31. The highest BCUT2D eigenvalue weighted by atomic mass is 35.5. The number of benzene rings is 1. The highest BCUT2D eigenvalue weighted by molar-refractivity contribution is 6.34. The third kappa shape index (κ3) is 3.62. The quantitative estimate of drug-likeness (QED) is 0.931. The number of aryl methyl sites for hydroxylation is 1. The van der Waals surface area contributed by atoms with Crippen LogP contribution in [0.25, 0.3) is 0 Å². The number of nitrogens with zero attached hydrogens (tertiary/aromatic N) is 2. The zero-order chi connectivity index (χ0) is 14.0. The molecule has 6 heteroatoms. The van der Waals surface area contributed by atoms with E-state index in [9.17, 15) is 0 Å². The maximum absolute atomic E-state index is 5.96. The Morgan fingerprint density at radius 1 is 1.21 bits per heavy atom. The second-order valence-electron chi connectivity index (χ2n) is 4.56. The van der Waals surface area contributed by atoms with Crippen molar-refractivity contribution in [2.24, 2.45) is 0 Å². The van der Waals surface area contributed by atoms with Gasteiger partial charge in [0.25, 0.3) is 0 Å². The average molecular weight is 300 g/mol. The lowest BCUT2D eigenvalue weighted by Gasteiger charge is -2.11. The zero-order valence-electron chi connectivity index (χ0n) is 11.0. The molecule has 0 spiro atoms. The second kappa shape index (κ2) is 5.82. The van der Waals surface area contributed by atoms with Crippen molar-refractivity contribution in [1.29, 1.82) is 0 Å². The first-order valence-corrected chi connectivity index (χ1v) is 6.54. The Bertz CT molecular complexity index is 561. The summed E-state index contributed by atoms with van der Waals surface area (Å²) in [4.78, 5) is 2.03. The highest BCUT2D eigenvalue weighted by Gasteiger charge is 2.13. The van der Waals surface area contributed by atoms with Gasteiger partial charge in [0.05, 0.1) is 5.69 Å². The fraction of sp³-hybridized carbons (Fsp3) is 0.308. The molecular formula is C13H15Cl2N3O. The Kier molecular flexibility index (Phi) is 4.34. The lowest BCUT2D eigenvalue weighted by Crippen LogP contribution is -2.11. The molecule has 0 unspecified atom stereocenters. The third-order valence-corrected chi connectivity index (χ3v) is 2.93. The maximum Gasteiger partial charge on any atom is 0.172 e. The van der Waals surface area contributed by atoms with E-state index in [2.05, 4.69) is 10.2 Å². The summed E-state index contributed by atoms with van der Waals surface area (Å²) in [7, 11) is 3.96. The molecule has 1 aromatic heterocycles. The summed E-state index contributed by atoms with van der Waals surface area (Å²) in [6.45, 7) is 2.60. The molecule has 0 saturated carbocycles. The minimum Gasteiger partial charge on any atom is -0.453 e. The normalized spacial score (nSPS) is 11.1. The van der Waals surface area contributed by atoms with Crippen LogP contribution in [0.3, 0.4) is 0 Å². The SMILES string of the molecule is Cc1n[nH]c(CN(C)C)c1Oc1cc(Cl)cc(Cl)c1. The fourth-order valence-corrected chi connectivity index (χ4v) is 2.24. The van der Waals surface area contributed by atoms with Crippen molar-refractivity contribution in [2.45, 2.75) is 13.5 Å². The average Bonchev–Trinajstić information content (AvgIpc) is 2.59. The van der Waals surface area contributed by atoms with Gasteiger partial charge in [0.1, 0.15) is 11.4 Å². The smallest absolute Gasteiger partial charge is 0.172 e. The van der Waals surface area contributed by atoms with Gasteiger partial charge >= 0.3 is 0 Å². The van der Waals surface area contributed by atoms with Crippen molar-refractivity contribution in [3.8, 4) is 11.5 Å². The number of hydrogen-bond acceptors (Lipinski definition) is 3. The van der Waals surface area contributed by atoms with Gasteiger partial charge in [0.15, 0.2) is 5.75 Å². The van der Waals surface area contributed by atoms with Crippen LogP contribution in [0.4, 0.5) is 0 Å². The summed E-state index contributed by atoms with van der Waals surface area (Å²) >= 11 is 11.9. The van der Waals surface area contributed by atoms with E-state index in [0.29, 0.717) is 28.1 Å². The van der Waals surface area contributed by atoms with E-state index in [-0.39, 0.29) is 0 Å². The van der Waals surface area contributed by atoms with E-state index < -0.39 is 0 Å². The molecule has 19 heavy (non-hydrogen) atoms. The summed E-state index contributed by atoms with van der Waals surface area (Å²) in [6.07, 6.45) is 0. The molecule has 0 atom stereocenters. The number of hydrogen-bond donors (Lipinski definition) is 1. The van der Waals surface area contributed by atoms with Gasteiger partial charge in [-0.15, -0.1) is 0 Å². The van der Waals surface area contributed by atoms with E-state index in [1.165, 1.54) is 0 Å². The second-order valence-corrected chi connectivity index (χ2v) is 5.43. The molecule has 1 N–H and O–H groups in total. The van der Waals surface area contributed by atoms with Crippen LogP contribution in [0.5, 0.6) is 11.5 Å². The molecule has 2 aromatic rings. The summed E-state index contributed by atoms with van der Waals surface area (Å²) in [5.41, 5.74) is 1.71. The number of halogens is 2. The van der Waals surface area contributed by atoms with Gasteiger partial charge in [-0.1, -0.05) is 23.2 Å². The number of H-pyrrole nitrogens is 1. The van der Waals surface area contributed by atoms with Crippen LogP contribution in [0.15, 0.2) is 18.2 Å². The minimum atomic E-state index is 0.540. The van der Waals surface area contributed by atoms with Gasteiger partial charge in [-0.3, -0.25) is 5.10 Å². The highest BCUT2D eigenvalue weighted by Crippen LogP contribution is 2.31. The first-order valence-electron chi connectivity index (χ1n) is 5.78. The van der Waals surface area contributed by atoms with Crippen molar-refractivity contribution in [1.82, 2.24) is 15.1 Å². The number of ether oxygens (including phenoxy) is 1. The van der Waals surface area contributed by atoms with Crippen LogP contribution in [0, 0.1) is 6.92 Å². The largest absolute Gasteiger partial charge is 0.453 e. The summed E-state index contributed by atoms with van der Waals surface area (Å²) in [5, 5.41) is 8.22. The van der Waals surface area contributed by atoms with Gasteiger partial charge in [0, 0.05) is 16.6 Å². The van der Waals surface area contributed by atoms with E-state index in [1.807, 2.05) is 25.9 Å². The Morgan fingerprint density at radius 3 is 2.42 bits per heavy atom. The van der Waals surface area contributed by atoms with Crippen LogP contribution < -0.4 is 4.74 Å². The monoisotopic (exact) mass is 299 g/mol. The summed E-state index contributed by atoms with van der Waals surface area (Å²) < 4.78 is 5.85.